The van der Waals surface area contributed by atoms with Crippen LogP contribution in [-0.4, -0.2) is 49.2 Å². The normalized spacial score (nSPS) is 10.9. The van der Waals surface area contributed by atoms with Crippen LogP contribution >= 0.6 is 23.1 Å². The fourth-order valence-electron chi connectivity index (χ4n) is 2.84. The van der Waals surface area contributed by atoms with E-state index in [4.69, 9.17) is 4.74 Å². The standard InChI is InChI=1S/C21H20N6O3S2/c1-3-30-16(29)8-14-9-32-21(24-14)25-15(28)10-31-20-17-19(23-11-22-17)26-18(27-20)13-6-4-12(2)5-7-13/h4-7,9,11H,3,8,10H2,1-2H3,(H,24,25,28)(H,22,23,26,27). The van der Waals surface area contributed by atoms with E-state index in [1.54, 1.807) is 18.6 Å². The van der Waals surface area contributed by atoms with Crippen LogP contribution in [0, 0.1) is 6.92 Å². The molecule has 3 heterocycles. The summed E-state index contributed by atoms with van der Waals surface area (Å²) in [5.41, 5.74) is 3.82. The van der Waals surface area contributed by atoms with E-state index in [9.17, 15) is 9.59 Å². The molecule has 0 bridgehead atoms. The van der Waals surface area contributed by atoms with Crippen LogP contribution in [0.25, 0.3) is 22.6 Å². The van der Waals surface area contributed by atoms with Crippen molar-refractivity contribution >= 4 is 51.3 Å². The van der Waals surface area contributed by atoms with E-state index in [1.807, 2.05) is 31.2 Å². The van der Waals surface area contributed by atoms with Crippen LogP contribution in [0.3, 0.4) is 0 Å². The number of thioether (sulfide) groups is 1. The number of H-pyrrole nitrogens is 1. The molecule has 9 nitrogen and oxygen atoms in total. The lowest BCUT2D eigenvalue weighted by atomic mass is 10.1. The Morgan fingerprint density at radius 1 is 1.19 bits per heavy atom. The molecule has 0 radical (unpaired) electrons. The molecule has 164 valence electrons. The molecule has 0 atom stereocenters. The van der Waals surface area contributed by atoms with Crippen LogP contribution in [0.5, 0.6) is 0 Å². The number of rotatable bonds is 8. The Labute approximate surface area is 192 Å². The second kappa shape index (κ2) is 9.88. The number of aromatic nitrogens is 5. The van der Waals surface area contributed by atoms with E-state index in [0.717, 1.165) is 11.1 Å². The minimum Gasteiger partial charge on any atom is -0.466 e. The minimum atomic E-state index is -0.344. The first kappa shape index (κ1) is 21.9. The molecular formula is C21H20N6O3S2. The van der Waals surface area contributed by atoms with Crippen molar-refractivity contribution in [3.8, 4) is 11.4 Å². The molecule has 11 heteroatoms. The Morgan fingerprint density at radius 2 is 2.00 bits per heavy atom. The van der Waals surface area contributed by atoms with Crippen LogP contribution in [0.1, 0.15) is 18.2 Å². The highest BCUT2D eigenvalue weighted by Crippen LogP contribution is 2.27. The molecular weight excluding hydrogens is 448 g/mol. The second-order valence-electron chi connectivity index (χ2n) is 6.78. The number of benzene rings is 1. The summed E-state index contributed by atoms with van der Waals surface area (Å²) in [7, 11) is 0. The number of hydrogen-bond acceptors (Lipinski definition) is 9. The van der Waals surface area contributed by atoms with Gasteiger partial charge in [-0.25, -0.2) is 19.9 Å². The Kier molecular flexibility index (Phi) is 6.76. The van der Waals surface area contributed by atoms with E-state index in [2.05, 4.69) is 30.2 Å². The lowest BCUT2D eigenvalue weighted by Crippen LogP contribution is -2.14. The summed E-state index contributed by atoms with van der Waals surface area (Å²) in [5.74, 6) is 0.111. The van der Waals surface area contributed by atoms with Crippen LogP contribution < -0.4 is 5.32 Å². The van der Waals surface area contributed by atoms with Gasteiger partial charge in [0.15, 0.2) is 16.6 Å². The van der Waals surface area contributed by atoms with Crippen LogP contribution in [0.2, 0.25) is 0 Å². The lowest BCUT2D eigenvalue weighted by Gasteiger charge is -2.06. The molecule has 3 aromatic heterocycles. The molecule has 0 aliphatic heterocycles. The maximum Gasteiger partial charge on any atom is 0.311 e. The zero-order valence-electron chi connectivity index (χ0n) is 17.4. The molecule has 2 N–H and O–H groups in total. The van der Waals surface area contributed by atoms with Crippen LogP contribution in [-0.2, 0) is 20.7 Å². The highest BCUT2D eigenvalue weighted by Gasteiger charge is 2.15. The number of carbonyl (C=O) groups excluding carboxylic acids is 2. The SMILES string of the molecule is CCOC(=O)Cc1csc(NC(=O)CSc2nc(-c3ccc(C)cc3)nc3nc[nH]c23)n1. The third kappa shape index (κ3) is 5.29. The van der Waals surface area contributed by atoms with Gasteiger partial charge in [0.05, 0.1) is 30.8 Å². The number of carbonyl (C=O) groups is 2. The number of nitrogens with zero attached hydrogens (tertiary/aromatic N) is 4. The first-order chi connectivity index (χ1) is 15.5. The minimum absolute atomic E-state index is 0.0789. The molecule has 0 aliphatic rings. The molecule has 4 rings (SSSR count). The van der Waals surface area contributed by atoms with Gasteiger partial charge >= 0.3 is 5.97 Å². The van der Waals surface area contributed by atoms with Gasteiger partial charge in [0.1, 0.15) is 10.5 Å². The Hall–Kier alpha value is -3.31. The van der Waals surface area contributed by atoms with Crippen molar-refractivity contribution in [2.45, 2.75) is 25.3 Å². The summed E-state index contributed by atoms with van der Waals surface area (Å²) in [4.78, 5) is 44.7. The number of fused-ring (bicyclic) bond motifs is 1. The number of imidazole rings is 1. The van der Waals surface area contributed by atoms with Gasteiger partial charge in [0.2, 0.25) is 5.91 Å². The van der Waals surface area contributed by atoms with Gasteiger partial charge in [0.25, 0.3) is 0 Å². The van der Waals surface area contributed by atoms with E-state index in [1.165, 1.54) is 23.1 Å². The number of amides is 1. The molecule has 32 heavy (non-hydrogen) atoms. The summed E-state index contributed by atoms with van der Waals surface area (Å²) in [6, 6.07) is 7.91. The fraction of sp³-hybridized carbons (Fsp3) is 0.238. The fourth-order valence-corrected chi connectivity index (χ4v) is 4.35. The monoisotopic (exact) mass is 468 g/mol. The number of hydrogen-bond donors (Lipinski definition) is 2. The van der Waals surface area contributed by atoms with Gasteiger partial charge < -0.3 is 15.0 Å². The number of thiazole rings is 1. The van der Waals surface area contributed by atoms with Crippen molar-refractivity contribution in [1.82, 2.24) is 24.9 Å². The number of nitrogens with one attached hydrogen (secondary N) is 2. The lowest BCUT2D eigenvalue weighted by molar-refractivity contribution is -0.142. The third-order valence-electron chi connectivity index (χ3n) is 4.33. The first-order valence-electron chi connectivity index (χ1n) is 9.82. The Morgan fingerprint density at radius 3 is 2.78 bits per heavy atom. The largest absolute Gasteiger partial charge is 0.466 e. The van der Waals surface area contributed by atoms with Gasteiger partial charge in [-0.3, -0.25) is 9.59 Å². The number of anilines is 1. The molecule has 1 amide bonds. The molecule has 0 saturated heterocycles. The van der Waals surface area contributed by atoms with Crippen molar-refractivity contribution in [2.75, 3.05) is 17.7 Å². The summed E-state index contributed by atoms with van der Waals surface area (Å²) >= 11 is 2.55. The maximum absolute atomic E-state index is 12.5. The summed E-state index contributed by atoms with van der Waals surface area (Å²) in [6.07, 6.45) is 1.64. The molecule has 4 aromatic rings. The van der Waals surface area contributed by atoms with E-state index in [-0.39, 0.29) is 24.1 Å². The van der Waals surface area contributed by atoms with Crippen LogP contribution in [0.4, 0.5) is 5.13 Å². The van der Waals surface area contributed by atoms with Gasteiger partial charge in [0, 0.05) is 10.9 Å². The topological polar surface area (TPSA) is 123 Å². The molecule has 0 fully saturated rings. The number of aromatic amines is 1. The molecule has 1 aromatic carbocycles. The van der Waals surface area contributed by atoms with Crippen molar-refractivity contribution in [2.24, 2.45) is 0 Å². The van der Waals surface area contributed by atoms with Crippen molar-refractivity contribution < 1.29 is 14.3 Å². The summed E-state index contributed by atoms with van der Waals surface area (Å²) in [6.45, 7) is 4.09. The van der Waals surface area contributed by atoms with Gasteiger partial charge in [-0.1, -0.05) is 41.6 Å². The highest BCUT2D eigenvalue weighted by atomic mass is 32.2. The van der Waals surface area contributed by atoms with Gasteiger partial charge in [-0.05, 0) is 13.8 Å². The molecule has 0 spiro atoms. The third-order valence-corrected chi connectivity index (χ3v) is 6.11. The van der Waals surface area contributed by atoms with Crippen LogP contribution in [0.15, 0.2) is 41.0 Å². The molecule has 0 unspecified atom stereocenters. The summed E-state index contributed by atoms with van der Waals surface area (Å²) in [5, 5.41) is 5.56. The average molecular weight is 469 g/mol. The Balaban J connectivity index is 1.43. The number of esters is 1. The molecule has 0 saturated carbocycles. The van der Waals surface area contributed by atoms with Crippen molar-refractivity contribution in [3.63, 3.8) is 0 Å². The molecule has 0 aliphatic carbocycles. The predicted molar refractivity (Wildman–Crippen MR) is 124 cm³/mol. The second-order valence-corrected chi connectivity index (χ2v) is 8.60. The number of aryl methyl sites for hydroxylation is 1. The van der Waals surface area contributed by atoms with Gasteiger partial charge in [-0.2, -0.15) is 0 Å². The summed E-state index contributed by atoms with van der Waals surface area (Å²) < 4.78 is 4.91. The zero-order valence-corrected chi connectivity index (χ0v) is 19.0. The van der Waals surface area contributed by atoms with E-state index in [0.29, 0.717) is 39.4 Å². The average Bonchev–Trinajstić information content (AvgIpc) is 3.42. The smallest absolute Gasteiger partial charge is 0.311 e. The maximum atomic E-state index is 12.5. The van der Waals surface area contributed by atoms with Gasteiger partial charge in [-0.15, -0.1) is 11.3 Å². The highest BCUT2D eigenvalue weighted by molar-refractivity contribution is 8.00. The zero-order chi connectivity index (χ0) is 22.5. The van der Waals surface area contributed by atoms with E-state index >= 15 is 0 Å². The van der Waals surface area contributed by atoms with E-state index < -0.39 is 0 Å². The Bertz CT molecular complexity index is 1250. The first-order valence-corrected chi connectivity index (χ1v) is 11.7. The van der Waals surface area contributed by atoms with Crippen molar-refractivity contribution in [1.29, 1.82) is 0 Å². The number of ether oxygens (including phenoxy) is 1. The van der Waals surface area contributed by atoms with Crippen molar-refractivity contribution in [3.05, 3.63) is 47.2 Å². The quantitative estimate of drug-likeness (QED) is 0.228. The predicted octanol–water partition coefficient (Wildman–Crippen LogP) is 3.62.